The number of alkyl halides is 3. The van der Waals surface area contributed by atoms with E-state index >= 15 is 0 Å². The first kappa shape index (κ1) is 25.5. The number of hydrogen-bond donors (Lipinski definition) is 3. The monoisotopic (exact) mass is 539 g/mol. The molecular formula is C22H14Cl2F3N5O4. The lowest BCUT2D eigenvalue weighted by Gasteiger charge is -2.32. The second-order valence-electron chi connectivity index (χ2n) is 7.35. The zero-order valence-electron chi connectivity index (χ0n) is 17.7. The molecule has 2 unspecified atom stereocenters. The number of anilines is 1. The number of rotatable bonds is 4. The lowest BCUT2D eigenvalue weighted by Crippen LogP contribution is -2.55. The Morgan fingerprint density at radius 3 is 2.42 bits per heavy atom. The van der Waals surface area contributed by atoms with Crippen LogP contribution < -0.4 is 20.6 Å². The minimum atomic E-state index is -4.59. The van der Waals surface area contributed by atoms with Gasteiger partial charge in [-0.3, -0.25) is 9.36 Å². The van der Waals surface area contributed by atoms with Gasteiger partial charge in [-0.1, -0.05) is 29.3 Å². The molecule has 0 saturated heterocycles. The van der Waals surface area contributed by atoms with Gasteiger partial charge in [0.05, 0.1) is 27.5 Å². The smallest absolute Gasteiger partial charge is 0.416 e. The van der Waals surface area contributed by atoms with Gasteiger partial charge in [0.25, 0.3) is 5.56 Å². The van der Waals surface area contributed by atoms with E-state index in [9.17, 15) is 28.2 Å². The van der Waals surface area contributed by atoms with Crippen molar-refractivity contribution >= 4 is 34.6 Å². The maximum Gasteiger partial charge on any atom is 0.416 e. The Labute approximate surface area is 210 Å². The molecule has 14 heteroatoms. The van der Waals surface area contributed by atoms with Gasteiger partial charge in [-0.2, -0.15) is 23.5 Å². The average Bonchev–Trinajstić information content (AvgIpc) is 2.82. The van der Waals surface area contributed by atoms with Crippen LogP contribution in [0.1, 0.15) is 5.56 Å². The molecule has 1 aliphatic heterocycles. The average molecular weight is 540 g/mol. The van der Waals surface area contributed by atoms with Crippen LogP contribution >= 0.6 is 23.2 Å². The number of benzene rings is 2. The van der Waals surface area contributed by atoms with Crippen molar-refractivity contribution in [2.24, 2.45) is 5.10 Å². The molecule has 0 radical (unpaired) electrons. The van der Waals surface area contributed by atoms with E-state index in [1.54, 1.807) is 6.07 Å². The normalized spacial score (nSPS) is 17.9. The molecule has 0 fully saturated rings. The molecule has 1 aromatic heterocycles. The molecule has 0 spiro atoms. The van der Waals surface area contributed by atoms with Crippen LogP contribution in [0.5, 0.6) is 11.5 Å². The molecule has 2 aromatic carbocycles. The molecule has 186 valence electrons. The first-order valence-electron chi connectivity index (χ1n) is 9.95. The first-order chi connectivity index (χ1) is 17.0. The molecule has 3 aromatic rings. The fourth-order valence-corrected chi connectivity index (χ4v) is 3.81. The third kappa shape index (κ3) is 5.15. The minimum absolute atomic E-state index is 0.0345. The van der Waals surface area contributed by atoms with Gasteiger partial charge in [0.1, 0.15) is 11.8 Å². The van der Waals surface area contributed by atoms with E-state index in [-0.39, 0.29) is 38.6 Å². The highest BCUT2D eigenvalue weighted by molar-refractivity contribution is 6.37. The van der Waals surface area contributed by atoms with Crippen LogP contribution in [-0.2, 0) is 6.18 Å². The summed E-state index contributed by atoms with van der Waals surface area (Å²) in [5, 5.41) is 35.9. The van der Waals surface area contributed by atoms with Crippen molar-refractivity contribution in [3.63, 3.8) is 0 Å². The van der Waals surface area contributed by atoms with Crippen LogP contribution in [0.4, 0.5) is 18.9 Å². The summed E-state index contributed by atoms with van der Waals surface area (Å²) in [6, 6.07) is 10.9. The number of aromatic nitrogens is 1. The highest BCUT2D eigenvalue weighted by atomic mass is 35.5. The van der Waals surface area contributed by atoms with Crippen molar-refractivity contribution in [1.82, 2.24) is 9.88 Å². The summed E-state index contributed by atoms with van der Waals surface area (Å²) in [6.07, 6.45) is -6.39. The van der Waals surface area contributed by atoms with Gasteiger partial charge in [0, 0.05) is 11.8 Å². The van der Waals surface area contributed by atoms with Crippen LogP contribution in [0.3, 0.4) is 0 Å². The van der Waals surface area contributed by atoms with Gasteiger partial charge < -0.3 is 14.9 Å². The summed E-state index contributed by atoms with van der Waals surface area (Å²) in [6.45, 7) is 0. The lowest BCUT2D eigenvalue weighted by molar-refractivity contribution is -0.137. The van der Waals surface area contributed by atoms with E-state index in [0.717, 1.165) is 27.8 Å². The molecule has 0 bridgehead atoms. The maximum absolute atomic E-state index is 13.1. The molecule has 1 aliphatic rings. The molecule has 36 heavy (non-hydrogen) atoms. The van der Waals surface area contributed by atoms with Crippen LogP contribution in [0, 0.1) is 11.3 Å². The number of hydrogen-bond acceptors (Lipinski definition) is 8. The van der Waals surface area contributed by atoms with E-state index in [2.05, 4.69) is 10.4 Å². The molecule has 2 heterocycles. The number of nitrogens with one attached hydrogen (secondary N) is 1. The Balaban J connectivity index is 1.67. The fourth-order valence-electron chi connectivity index (χ4n) is 3.25. The number of pyridine rings is 1. The van der Waals surface area contributed by atoms with Crippen LogP contribution in [0.15, 0.2) is 64.6 Å². The number of aliphatic hydroxyl groups is 2. The quantitative estimate of drug-likeness (QED) is 0.460. The lowest BCUT2D eigenvalue weighted by atomic mass is 10.2. The van der Waals surface area contributed by atoms with Crippen LogP contribution in [-0.4, -0.2) is 33.1 Å². The van der Waals surface area contributed by atoms with Crippen molar-refractivity contribution in [2.75, 3.05) is 5.01 Å². The Morgan fingerprint density at radius 2 is 1.78 bits per heavy atom. The number of hydrazone groups is 1. The van der Waals surface area contributed by atoms with Gasteiger partial charge >= 0.3 is 6.18 Å². The van der Waals surface area contributed by atoms with Gasteiger partial charge in [-0.15, -0.1) is 0 Å². The van der Waals surface area contributed by atoms with E-state index in [1.807, 2.05) is 0 Å². The Kier molecular flexibility index (Phi) is 6.94. The SMILES string of the molecule is N#CC1=NN(c2cc(Cl)c(Oc3ccc(=O)n(-c4cccc(C(F)(F)F)c4)c3)c(Cl)c2)C(O)NC1O. The standard InChI is InChI=1S/C22H14Cl2F3N5O4/c23-15-7-13(32-21(35)29-20(34)17(9-28)30-32)8-16(24)19(15)36-14-4-5-18(33)31(10-14)12-3-1-2-11(6-12)22(25,26)27/h1-8,10,20-21,29,34-35H. The number of aliphatic hydroxyl groups excluding tert-OH is 2. The molecule has 2 atom stereocenters. The molecular weight excluding hydrogens is 526 g/mol. The van der Waals surface area contributed by atoms with Gasteiger partial charge in [0.2, 0.25) is 6.35 Å². The Morgan fingerprint density at radius 1 is 1.08 bits per heavy atom. The van der Waals surface area contributed by atoms with Gasteiger partial charge in [-0.25, -0.2) is 10.3 Å². The number of halogens is 5. The molecule has 9 nitrogen and oxygen atoms in total. The zero-order valence-corrected chi connectivity index (χ0v) is 19.3. The number of nitrogens with zero attached hydrogens (tertiary/aromatic N) is 4. The van der Waals surface area contributed by atoms with E-state index < -0.39 is 29.9 Å². The molecule has 3 N–H and O–H groups in total. The van der Waals surface area contributed by atoms with E-state index in [1.165, 1.54) is 36.5 Å². The fraction of sp³-hybridized carbons (Fsp3) is 0.136. The van der Waals surface area contributed by atoms with E-state index in [0.29, 0.717) is 0 Å². The number of nitriles is 1. The topological polar surface area (TPSA) is 123 Å². The molecule has 0 saturated carbocycles. The largest absolute Gasteiger partial charge is 0.453 e. The zero-order chi connectivity index (χ0) is 26.2. The molecule has 0 amide bonds. The molecule has 0 aliphatic carbocycles. The maximum atomic E-state index is 13.1. The summed E-state index contributed by atoms with van der Waals surface area (Å²) in [5.74, 6) is -0.0172. The van der Waals surface area contributed by atoms with Gasteiger partial charge in [0.15, 0.2) is 17.7 Å². The van der Waals surface area contributed by atoms with E-state index in [4.69, 9.17) is 33.2 Å². The molecule has 4 rings (SSSR count). The summed E-state index contributed by atoms with van der Waals surface area (Å²) in [4.78, 5) is 12.3. The third-order valence-electron chi connectivity index (χ3n) is 4.93. The summed E-state index contributed by atoms with van der Waals surface area (Å²) in [7, 11) is 0. The van der Waals surface area contributed by atoms with Crippen molar-refractivity contribution in [1.29, 1.82) is 5.26 Å². The summed E-state index contributed by atoms with van der Waals surface area (Å²) >= 11 is 12.6. The van der Waals surface area contributed by atoms with Crippen LogP contribution in [0.2, 0.25) is 10.0 Å². The summed E-state index contributed by atoms with van der Waals surface area (Å²) in [5.41, 5.74) is -1.73. The van der Waals surface area contributed by atoms with Crippen molar-refractivity contribution < 1.29 is 28.1 Å². The van der Waals surface area contributed by atoms with Crippen molar-refractivity contribution in [2.45, 2.75) is 18.8 Å². The highest BCUT2D eigenvalue weighted by Crippen LogP contribution is 2.40. The Bertz CT molecular complexity index is 1430. The second-order valence-corrected chi connectivity index (χ2v) is 8.16. The predicted octanol–water partition coefficient (Wildman–Crippen LogP) is 3.84. The summed E-state index contributed by atoms with van der Waals surface area (Å²) < 4.78 is 46.0. The third-order valence-corrected chi connectivity index (χ3v) is 5.49. The predicted molar refractivity (Wildman–Crippen MR) is 124 cm³/mol. The van der Waals surface area contributed by atoms with Crippen molar-refractivity contribution in [3.8, 4) is 23.3 Å². The first-order valence-corrected chi connectivity index (χ1v) is 10.7. The Hall–Kier alpha value is -3.60. The minimum Gasteiger partial charge on any atom is -0.453 e. The van der Waals surface area contributed by atoms with Crippen LogP contribution in [0.25, 0.3) is 5.69 Å². The van der Waals surface area contributed by atoms with Gasteiger partial charge in [-0.05, 0) is 36.4 Å². The number of ether oxygens (including phenoxy) is 1. The second kappa shape index (κ2) is 9.81. The van der Waals surface area contributed by atoms with Crippen molar-refractivity contribution in [3.05, 3.63) is 80.7 Å². The highest BCUT2D eigenvalue weighted by Gasteiger charge is 2.31.